The van der Waals surface area contributed by atoms with Crippen molar-refractivity contribution in [1.29, 1.82) is 0 Å². The molecule has 0 bridgehead atoms. The molecule has 184 valence electrons. The molecule has 0 saturated heterocycles. The third-order valence-corrected chi connectivity index (χ3v) is 8.56. The van der Waals surface area contributed by atoms with Crippen molar-refractivity contribution in [3.8, 4) is 0 Å². The molecule has 2 aliphatic rings. The number of carbonyl (C=O) groups is 2. The molecule has 3 aromatic carbocycles. The van der Waals surface area contributed by atoms with Gasteiger partial charge in [-0.25, -0.2) is 4.79 Å². The van der Waals surface area contributed by atoms with E-state index in [1.807, 2.05) is 90.0 Å². The van der Waals surface area contributed by atoms with Gasteiger partial charge in [-0.05, 0) is 53.9 Å². The van der Waals surface area contributed by atoms with Crippen molar-refractivity contribution >= 4 is 63.4 Å². The fourth-order valence-corrected chi connectivity index (χ4v) is 6.56. The lowest BCUT2D eigenvalue weighted by atomic mass is 10.1. The number of fused-ring (bicyclic) bond motifs is 3. The molecule has 37 heavy (non-hydrogen) atoms. The van der Waals surface area contributed by atoms with Gasteiger partial charge in [-0.1, -0.05) is 48.6 Å². The number of hydrogen-bond acceptors (Lipinski definition) is 4. The standard InChI is InChI=1S/C29H24N4O2S2/c34-28(31-21-13-12-19-14-15-30-23(19)17-21)18-36-22-7-5-6-20(16-22)32-29(35)33-24-8-1-3-10-26(24)37-27-11-4-2-9-25(27)33/h1-17,24,26,30H,18H2,(H,31,34)(H,32,35). The largest absolute Gasteiger partial charge is 0.361 e. The number of nitrogens with zero attached hydrogens (tertiary/aromatic N) is 1. The fraction of sp³-hybridized carbons (Fsp3) is 0.103. The van der Waals surface area contributed by atoms with Crippen molar-refractivity contribution in [1.82, 2.24) is 4.98 Å². The highest BCUT2D eigenvalue weighted by Gasteiger charge is 2.36. The average molecular weight is 525 g/mol. The van der Waals surface area contributed by atoms with Crippen LogP contribution in [-0.2, 0) is 4.79 Å². The molecule has 0 radical (unpaired) electrons. The van der Waals surface area contributed by atoms with Crippen LogP contribution >= 0.6 is 23.5 Å². The van der Waals surface area contributed by atoms with Crippen LogP contribution in [-0.4, -0.2) is 34.0 Å². The molecule has 0 spiro atoms. The molecule has 3 N–H and O–H groups in total. The summed E-state index contributed by atoms with van der Waals surface area (Å²) in [5, 5.41) is 7.29. The molecule has 0 fully saturated rings. The molecule has 6 rings (SSSR count). The van der Waals surface area contributed by atoms with E-state index >= 15 is 0 Å². The number of rotatable bonds is 5. The van der Waals surface area contributed by atoms with E-state index in [1.54, 1.807) is 11.8 Å². The average Bonchev–Trinajstić information content (AvgIpc) is 3.39. The predicted molar refractivity (Wildman–Crippen MR) is 154 cm³/mol. The van der Waals surface area contributed by atoms with Crippen molar-refractivity contribution in [3.05, 3.63) is 103 Å². The van der Waals surface area contributed by atoms with Crippen LogP contribution in [0.2, 0.25) is 0 Å². The van der Waals surface area contributed by atoms with Gasteiger partial charge in [-0.3, -0.25) is 9.69 Å². The van der Waals surface area contributed by atoms with Gasteiger partial charge in [0.25, 0.3) is 0 Å². The Bertz CT molecular complexity index is 1540. The number of allylic oxidation sites excluding steroid dienone is 2. The van der Waals surface area contributed by atoms with E-state index in [0.29, 0.717) is 5.69 Å². The highest BCUT2D eigenvalue weighted by molar-refractivity contribution is 8.00. The number of benzene rings is 3. The van der Waals surface area contributed by atoms with Crippen molar-refractivity contribution in [2.75, 3.05) is 21.3 Å². The summed E-state index contributed by atoms with van der Waals surface area (Å²) >= 11 is 3.21. The molecular formula is C29H24N4O2S2. The lowest BCUT2D eigenvalue weighted by Crippen LogP contribution is -2.49. The molecule has 2 unspecified atom stereocenters. The predicted octanol–water partition coefficient (Wildman–Crippen LogP) is 6.91. The third-order valence-electron chi connectivity index (χ3n) is 6.26. The number of nitrogens with one attached hydrogen (secondary N) is 3. The summed E-state index contributed by atoms with van der Waals surface area (Å²) < 4.78 is 0. The molecule has 1 aliphatic carbocycles. The van der Waals surface area contributed by atoms with Gasteiger partial charge in [0.15, 0.2) is 0 Å². The van der Waals surface area contributed by atoms with Crippen LogP contribution in [0.25, 0.3) is 10.9 Å². The van der Waals surface area contributed by atoms with Crippen molar-refractivity contribution in [2.24, 2.45) is 0 Å². The summed E-state index contributed by atoms with van der Waals surface area (Å²) in [4.78, 5) is 33.0. The van der Waals surface area contributed by atoms with Crippen LogP contribution < -0.4 is 15.5 Å². The first kappa shape index (κ1) is 23.5. The van der Waals surface area contributed by atoms with Gasteiger partial charge in [0.1, 0.15) is 0 Å². The van der Waals surface area contributed by atoms with Gasteiger partial charge in [0.05, 0.1) is 22.7 Å². The number of carbonyl (C=O) groups excluding carboxylic acids is 2. The SMILES string of the molecule is O=C(CSc1cccc(NC(=O)N2c3ccccc3SC3C=CC=CC32)c1)Nc1ccc2cc[nH]c2c1. The lowest BCUT2D eigenvalue weighted by Gasteiger charge is -2.40. The summed E-state index contributed by atoms with van der Waals surface area (Å²) in [6.45, 7) is 0. The minimum Gasteiger partial charge on any atom is -0.361 e. The van der Waals surface area contributed by atoms with E-state index in [4.69, 9.17) is 0 Å². The zero-order valence-electron chi connectivity index (χ0n) is 19.8. The summed E-state index contributed by atoms with van der Waals surface area (Å²) in [5.74, 6) is 0.175. The minimum absolute atomic E-state index is 0.0589. The summed E-state index contributed by atoms with van der Waals surface area (Å²) in [7, 11) is 0. The molecule has 0 saturated carbocycles. The fourth-order valence-electron chi connectivity index (χ4n) is 4.54. The Hall–Kier alpha value is -3.88. The van der Waals surface area contributed by atoms with Gasteiger partial charge >= 0.3 is 6.03 Å². The molecule has 6 nitrogen and oxygen atoms in total. The second-order valence-corrected chi connectivity index (χ2v) is 11.0. The van der Waals surface area contributed by atoms with Crippen LogP contribution in [0.5, 0.6) is 0 Å². The zero-order valence-corrected chi connectivity index (χ0v) is 21.4. The second-order valence-electron chi connectivity index (χ2n) is 8.76. The summed E-state index contributed by atoms with van der Waals surface area (Å²) in [5.41, 5.74) is 3.34. The van der Waals surface area contributed by atoms with Gasteiger partial charge < -0.3 is 15.6 Å². The molecule has 1 aliphatic heterocycles. The van der Waals surface area contributed by atoms with Crippen molar-refractivity contribution in [2.45, 2.75) is 21.1 Å². The zero-order chi connectivity index (χ0) is 25.2. The number of aromatic amines is 1. The first-order valence-electron chi connectivity index (χ1n) is 11.9. The number of H-pyrrole nitrogens is 1. The highest BCUT2D eigenvalue weighted by Crippen LogP contribution is 2.43. The topological polar surface area (TPSA) is 77.2 Å². The quantitative estimate of drug-likeness (QED) is 0.248. The highest BCUT2D eigenvalue weighted by atomic mass is 32.2. The molecule has 4 aromatic rings. The second kappa shape index (κ2) is 10.2. The number of para-hydroxylation sites is 1. The van der Waals surface area contributed by atoms with Crippen LogP contribution in [0.1, 0.15) is 0 Å². The Morgan fingerprint density at radius 2 is 1.78 bits per heavy atom. The minimum atomic E-state index is -0.178. The van der Waals surface area contributed by atoms with E-state index in [-0.39, 0.29) is 29.0 Å². The number of hydrogen-bond donors (Lipinski definition) is 3. The van der Waals surface area contributed by atoms with Crippen molar-refractivity contribution in [3.63, 3.8) is 0 Å². The van der Waals surface area contributed by atoms with E-state index < -0.39 is 0 Å². The molecule has 1 aromatic heterocycles. The molecule has 3 amide bonds. The van der Waals surface area contributed by atoms with Crippen LogP contribution in [0, 0.1) is 0 Å². The van der Waals surface area contributed by atoms with Gasteiger partial charge in [0, 0.05) is 32.9 Å². The number of anilines is 3. The Morgan fingerprint density at radius 3 is 2.73 bits per heavy atom. The van der Waals surface area contributed by atoms with Crippen LogP contribution in [0.3, 0.4) is 0 Å². The summed E-state index contributed by atoms with van der Waals surface area (Å²) in [6, 6.07) is 23.2. The molecular weight excluding hydrogens is 500 g/mol. The van der Waals surface area contributed by atoms with Crippen LogP contribution in [0.4, 0.5) is 21.9 Å². The monoisotopic (exact) mass is 524 g/mol. The smallest absolute Gasteiger partial charge is 0.326 e. The van der Waals surface area contributed by atoms with E-state index in [0.717, 1.165) is 32.1 Å². The Morgan fingerprint density at radius 1 is 0.919 bits per heavy atom. The lowest BCUT2D eigenvalue weighted by molar-refractivity contribution is -0.113. The Kier molecular flexibility index (Phi) is 6.51. The van der Waals surface area contributed by atoms with E-state index in [9.17, 15) is 9.59 Å². The molecule has 8 heteroatoms. The first-order chi connectivity index (χ1) is 18.1. The Labute approximate surface area is 223 Å². The summed E-state index contributed by atoms with van der Waals surface area (Å²) in [6.07, 6.45) is 10.1. The molecule has 2 atom stereocenters. The first-order valence-corrected chi connectivity index (χ1v) is 13.8. The van der Waals surface area contributed by atoms with Gasteiger partial charge in [-0.15, -0.1) is 23.5 Å². The van der Waals surface area contributed by atoms with E-state index in [2.05, 4.69) is 33.8 Å². The molecule has 2 heterocycles. The van der Waals surface area contributed by atoms with Crippen LogP contribution in [0.15, 0.2) is 113 Å². The normalized spacial score (nSPS) is 17.8. The van der Waals surface area contributed by atoms with Gasteiger partial charge in [0.2, 0.25) is 5.91 Å². The van der Waals surface area contributed by atoms with E-state index in [1.165, 1.54) is 11.8 Å². The third kappa shape index (κ3) is 5.03. The van der Waals surface area contributed by atoms with Gasteiger partial charge in [-0.2, -0.15) is 0 Å². The number of thioether (sulfide) groups is 2. The number of aromatic nitrogens is 1. The van der Waals surface area contributed by atoms with Crippen molar-refractivity contribution < 1.29 is 9.59 Å². The number of urea groups is 1. The number of amides is 3. The Balaban J connectivity index is 1.12. The maximum Gasteiger partial charge on any atom is 0.326 e. The maximum atomic E-state index is 13.5. The maximum absolute atomic E-state index is 13.5.